The molecule has 1 aromatic carbocycles. The second kappa shape index (κ2) is 6.79. The minimum absolute atomic E-state index is 0.0263. The molecule has 0 aliphatic heterocycles. The molecule has 6 nitrogen and oxygen atoms in total. The Morgan fingerprint density at radius 1 is 1.29 bits per heavy atom. The number of benzene rings is 1. The fourth-order valence-corrected chi connectivity index (χ4v) is 2.37. The highest BCUT2D eigenvalue weighted by Gasteiger charge is 2.11. The van der Waals surface area contributed by atoms with Gasteiger partial charge in [0.2, 0.25) is 5.91 Å². The number of halogens is 2. The molecular weight excluding hydrogens is 381 g/mol. The van der Waals surface area contributed by atoms with E-state index in [0.717, 1.165) is 4.68 Å². The van der Waals surface area contributed by atoms with E-state index in [1.807, 2.05) is 0 Å². The third-order valence-corrected chi connectivity index (χ3v) is 3.63. The predicted molar refractivity (Wildman–Crippen MR) is 88.9 cm³/mol. The van der Waals surface area contributed by atoms with Crippen LogP contribution in [0.3, 0.4) is 0 Å². The summed E-state index contributed by atoms with van der Waals surface area (Å²) in [6.45, 7) is -0.344. The first-order valence-corrected chi connectivity index (χ1v) is 7.69. The van der Waals surface area contributed by atoms with Gasteiger partial charge in [-0.1, -0.05) is 15.9 Å². The molecule has 24 heavy (non-hydrogen) atoms. The summed E-state index contributed by atoms with van der Waals surface area (Å²) < 4.78 is 20.5. The van der Waals surface area contributed by atoms with Gasteiger partial charge in [-0.2, -0.15) is 5.10 Å². The van der Waals surface area contributed by atoms with E-state index in [-0.39, 0.29) is 12.2 Å². The van der Waals surface area contributed by atoms with E-state index in [4.69, 9.17) is 4.42 Å². The highest BCUT2D eigenvalue weighted by molar-refractivity contribution is 9.10. The Morgan fingerprint density at radius 2 is 2.12 bits per heavy atom. The molecule has 0 atom stereocenters. The number of nitrogens with one attached hydrogen (secondary N) is 1. The van der Waals surface area contributed by atoms with Crippen LogP contribution in [0.15, 0.2) is 62.4 Å². The lowest BCUT2D eigenvalue weighted by molar-refractivity contribution is -0.117. The van der Waals surface area contributed by atoms with Gasteiger partial charge in [0.15, 0.2) is 5.76 Å². The number of anilines is 1. The van der Waals surface area contributed by atoms with Gasteiger partial charge in [0.05, 0.1) is 12.0 Å². The molecule has 1 amide bonds. The largest absolute Gasteiger partial charge is 0.463 e. The summed E-state index contributed by atoms with van der Waals surface area (Å²) in [7, 11) is 0. The van der Waals surface area contributed by atoms with Crippen LogP contribution in [0.2, 0.25) is 0 Å². The van der Waals surface area contributed by atoms with Crippen LogP contribution in [0.4, 0.5) is 10.1 Å². The summed E-state index contributed by atoms with van der Waals surface area (Å²) in [4.78, 5) is 23.9. The number of carbonyl (C=O) groups excluding carboxylic acids is 1. The summed E-state index contributed by atoms with van der Waals surface area (Å²) in [5, 5.41) is 6.49. The van der Waals surface area contributed by atoms with Gasteiger partial charge in [0, 0.05) is 10.5 Å². The van der Waals surface area contributed by atoms with Crippen LogP contribution in [0.5, 0.6) is 0 Å². The molecule has 3 aromatic rings. The highest BCUT2D eigenvalue weighted by Crippen LogP contribution is 2.19. The zero-order valence-electron chi connectivity index (χ0n) is 12.2. The Morgan fingerprint density at radius 3 is 2.83 bits per heavy atom. The van der Waals surface area contributed by atoms with E-state index >= 15 is 0 Å². The number of aromatic nitrogens is 2. The van der Waals surface area contributed by atoms with Crippen molar-refractivity contribution in [3.63, 3.8) is 0 Å². The molecule has 0 radical (unpaired) electrons. The minimum Gasteiger partial charge on any atom is -0.463 e. The van der Waals surface area contributed by atoms with E-state index in [1.165, 1.54) is 30.5 Å². The molecule has 8 heteroatoms. The Labute approximate surface area is 144 Å². The van der Waals surface area contributed by atoms with Crippen LogP contribution in [0.25, 0.3) is 11.5 Å². The normalized spacial score (nSPS) is 10.6. The Kier molecular flexibility index (Phi) is 4.57. The zero-order chi connectivity index (χ0) is 17.1. The lowest BCUT2D eigenvalue weighted by Crippen LogP contribution is -2.29. The van der Waals surface area contributed by atoms with Gasteiger partial charge in [-0.25, -0.2) is 9.07 Å². The number of nitrogens with zero attached hydrogens (tertiary/aromatic N) is 2. The average Bonchev–Trinajstić information content (AvgIpc) is 3.07. The number of amides is 1. The lowest BCUT2D eigenvalue weighted by Gasteiger charge is -2.08. The van der Waals surface area contributed by atoms with Gasteiger partial charge in [0.1, 0.15) is 18.1 Å². The van der Waals surface area contributed by atoms with E-state index in [9.17, 15) is 14.0 Å². The second-order valence-electron chi connectivity index (χ2n) is 4.86. The van der Waals surface area contributed by atoms with Gasteiger partial charge in [-0.3, -0.25) is 9.59 Å². The Hall–Kier alpha value is -2.74. The zero-order valence-corrected chi connectivity index (χ0v) is 13.8. The van der Waals surface area contributed by atoms with Gasteiger partial charge < -0.3 is 9.73 Å². The number of hydrogen-bond acceptors (Lipinski definition) is 4. The molecule has 2 aromatic heterocycles. The molecule has 3 rings (SSSR count). The molecular formula is C16H11BrFN3O3. The first-order valence-electron chi connectivity index (χ1n) is 6.90. The van der Waals surface area contributed by atoms with E-state index < -0.39 is 17.3 Å². The van der Waals surface area contributed by atoms with E-state index in [1.54, 1.807) is 18.2 Å². The standard InChI is InChI=1S/C16H11BrFN3O3/c17-10-3-4-12(11(18)8-10)19-15(22)9-21-16(23)6-5-13(20-21)14-2-1-7-24-14/h1-8H,9H2,(H,19,22). The first-order chi connectivity index (χ1) is 11.5. The highest BCUT2D eigenvalue weighted by atomic mass is 79.9. The van der Waals surface area contributed by atoms with Crippen molar-refractivity contribution in [3.8, 4) is 11.5 Å². The Bertz CT molecular complexity index is 938. The van der Waals surface area contributed by atoms with Crippen molar-refractivity contribution in [2.45, 2.75) is 6.54 Å². The third-order valence-electron chi connectivity index (χ3n) is 3.14. The van der Waals surface area contributed by atoms with Crippen LogP contribution in [-0.2, 0) is 11.3 Å². The summed E-state index contributed by atoms with van der Waals surface area (Å²) >= 11 is 3.14. The third kappa shape index (κ3) is 3.60. The maximum Gasteiger partial charge on any atom is 0.267 e. The minimum atomic E-state index is -0.581. The first kappa shape index (κ1) is 16.1. The van der Waals surface area contributed by atoms with Crippen LogP contribution in [-0.4, -0.2) is 15.7 Å². The molecule has 0 aliphatic carbocycles. The topological polar surface area (TPSA) is 77.1 Å². The van der Waals surface area contributed by atoms with Crippen LogP contribution in [0.1, 0.15) is 0 Å². The number of rotatable bonds is 4. The van der Waals surface area contributed by atoms with Crippen LogP contribution >= 0.6 is 15.9 Å². The number of hydrogen-bond donors (Lipinski definition) is 1. The van der Waals surface area contributed by atoms with Crippen molar-refractivity contribution in [2.75, 3.05) is 5.32 Å². The summed E-state index contributed by atoms with van der Waals surface area (Å²) in [6.07, 6.45) is 1.48. The molecule has 2 heterocycles. The predicted octanol–water partition coefficient (Wildman–Crippen LogP) is 3.04. The summed E-state index contributed by atoms with van der Waals surface area (Å²) in [5.74, 6) is -0.673. The SMILES string of the molecule is O=C(Cn1nc(-c2ccco2)ccc1=O)Nc1ccc(Br)cc1F. The molecule has 122 valence electrons. The molecule has 0 bridgehead atoms. The number of furan rings is 1. The van der Waals surface area contributed by atoms with Crippen molar-refractivity contribution in [1.29, 1.82) is 0 Å². The quantitative estimate of drug-likeness (QED) is 0.741. The molecule has 0 aliphatic rings. The maximum absolute atomic E-state index is 13.7. The number of carbonyl (C=O) groups is 1. The van der Waals surface area contributed by atoms with Gasteiger partial charge >= 0.3 is 0 Å². The Balaban J connectivity index is 1.79. The molecule has 1 N–H and O–H groups in total. The van der Waals surface area contributed by atoms with Crippen molar-refractivity contribution >= 4 is 27.5 Å². The molecule has 0 fully saturated rings. The van der Waals surface area contributed by atoms with Crippen molar-refractivity contribution in [2.24, 2.45) is 0 Å². The molecule has 0 saturated heterocycles. The summed E-state index contributed by atoms with van der Waals surface area (Å²) in [6, 6.07) is 10.4. The second-order valence-corrected chi connectivity index (χ2v) is 5.78. The van der Waals surface area contributed by atoms with Gasteiger partial charge in [-0.05, 0) is 36.4 Å². The van der Waals surface area contributed by atoms with Crippen molar-refractivity contribution in [1.82, 2.24) is 9.78 Å². The molecule has 0 spiro atoms. The van der Waals surface area contributed by atoms with Gasteiger partial charge in [0.25, 0.3) is 5.56 Å². The van der Waals surface area contributed by atoms with E-state index in [0.29, 0.717) is 15.9 Å². The monoisotopic (exact) mass is 391 g/mol. The van der Waals surface area contributed by atoms with Crippen LogP contribution in [0, 0.1) is 5.82 Å². The van der Waals surface area contributed by atoms with Gasteiger partial charge in [-0.15, -0.1) is 0 Å². The van der Waals surface area contributed by atoms with E-state index in [2.05, 4.69) is 26.3 Å². The smallest absolute Gasteiger partial charge is 0.267 e. The van der Waals surface area contributed by atoms with Crippen molar-refractivity contribution in [3.05, 3.63) is 69.4 Å². The van der Waals surface area contributed by atoms with Crippen LogP contribution < -0.4 is 10.9 Å². The molecule has 0 saturated carbocycles. The molecule has 0 unspecified atom stereocenters. The lowest BCUT2D eigenvalue weighted by atomic mass is 10.3. The maximum atomic E-state index is 13.7. The average molecular weight is 392 g/mol. The summed E-state index contributed by atoms with van der Waals surface area (Å²) in [5.41, 5.74) is -0.00241. The fourth-order valence-electron chi connectivity index (χ4n) is 2.03. The van der Waals surface area contributed by atoms with Crippen molar-refractivity contribution < 1.29 is 13.6 Å². The fraction of sp³-hybridized carbons (Fsp3) is 0.0625.